The molecule has 26 nitrogen and oxygen atoms in total. The summed E-state index contributed by atoms with van der Waals surface area (Å²) in [5, 5.41) is 92.1. The van der Waals surface area contributed by atoms with Crippen molar-refractivity contribution in [3.63, 3.8) is 0 Å². The molecule has 1 unspecified atom stereocenters. The fourth-order valence-electron chi connectivity index (χ4n) is 12.7. The molecule has 6 fully saturated rings. The van der Waals surface area contributed by atoms with Gasteiger partial charge in [-0.2, -0.15) is 0 Å². The molecule has 1 aromatic rings. The van der Waals surface area contributed by atoms with Crippen LogP contribution in [0.1, 0.15) is 189 Å². The Bertz CT molecular complexity index is 2440. The molecule has 7 rings (SSSR count). The summed E-state index contributed by atoms with van der Waals surface area (Å²) >= 11 is 0. The number of ether oxygens (including phenoxy) is 14. The standard InChI is InChI=1S/C68H108O26/c1-9-12-14-18-26-33-46(71)89-62-61(94-64-52(77)50(75)48(73)38(5)81-64)57(92-65-54(79)58(56(40(7)82-65)90-63(80)37(4)11-3)87-47(72)35-34-42-28-23-21-24-29-42)41(8)84-68(62)91-55-39(6)83-66-60(53(55)78)88-45(70)32-27-20-17-15-16-19-25-31-43(30-22-13-10-2)85-67-59(93-66)51(76)49(74)44(36-69)86-67/h21,23-24,28-29,34-35,37-41,43-44,48-62,64-69,73-79H,9-20,22,25-27,30-33,36H2,1-8H3/b35-34+/t37-,38-,39-,40-,41-,43?,44+,48-,49+,50+,51-,52+,53+,54+,55-,56-,57-,58-,59+,60+,61+,62+,64-,65-,66-,67+,68-/m0/s1. The number of esters is 4. The number of aliphatic hydroxyl groups is 8. The minimum atomic E-state index is -1.96. The van der Waals surface area contributed by atoms with Gasteiger partial charge in [0.05, 0.1) is 43.0 Å². The molecular weight excluding hydrogens is 1230 g/mol. The van der Waals surface area contributed by atoms with E-state index in [1.54, 1.807) is 44.2 Å². The van der Waals surface area contributed by atoms with E-state index >= 15 is 0 Å². The predicted molar refractivity (Wildman–Crippen MR) is 333 cm³/mol. The summed E-state index contributed by atoms with van der Waals surface area (Å²) < 4.78 is 89.0. The van der Waals surface area contributed by atoms with Crippen LogP contribution < -0.4 is 0 Å². The van der Waals surface area contributed by atoms with Crippen molar-refractivity contribution in [1.82, 2.24) is 0 Å². The maximum absolute atomic E-state index is 14.4. The van der Waals surface area contributed by atoms with E-state index in [1.165, 1.54) is 33.8 Å². The average molecular weight is 1340 g/mol. The Morgan fingerprint density at radius 1 is 0.543 bits per heavy atom. The summed E-state index contributed by atoms with van der Waals surface area (Å²) in [5.41, 5.74) is 0.658. The highest BCUT2D eigenvalue weighted by Crippen LogP contribution is 2.40. The van der Waals surface area contributed by atoms with Gasteiger partial charge in [-0.15, -0.1) is 0 Å². The zero-order valence-electron chi connectivity index (χ0n) is 55.9. The van der Waals surface area contributed by atoms with Gasteiger partial charge in [0, 0.05) is 18.9 Å². The fourth-order valence-corrected chi connectivity index (χ4v) is 12.7. The van der Waals surface area contributed by atoms with Gasteiger partial charge in [-0.3, -0.25) is 14.4 Å². The van der Waals surface area contributed by atoms with Crippen molar-refractivity contribution in [3.8, 4) is 0 Å². The number of hydrogen-bond donors (Lipinski definition) is 8. The van der Waals surface area contributed by atoms with Crippen LogP contribution in [0.4, 0.5) is 0 Å². The van der Waals surface area contributed by atoms with E-state index in [0.717, 1.165) is 76.7 Å². The summed E-state index contributed by atoms with van der Waals surface area (Å²) in [6.45, 7) is 12.8. The second-order valence-corrected chi connectivity index (χ2v) is 26.1. The minimum absolute atomic E-state index is 0.0651. The molecule has 0 bridgehead atoms. The van der Waals surface area contributed by atoms with Gasteiger partial charge in [-0.25, -0.2) is 4.79 Å². The highest BCUT2D eigenvalue weighted by Gasteiger charge is 2.59. The van der Waals surface area contributed by atoms with Gasteiger partial charge < -0.3 is 107 Å². The molecule has 0 amide bonds. The van der Waals surface area contributed by atoms with Crippen LogP contribution in [0.2, 0.25) is 0 Å². The zero-order chi connectivity index (χ0) is 68.2. The number of unbranched alkanes of at least 4 members (excludes halogenated alkanes) is 6. The van der Waals surface area contributed by atoms with Gasteiger partial charge in [-0.05, 0) is 71.4 Å². The highest BCUT2D eigenvalue weighted by atomic mass is 16.8. The molecular formula is C68H108O26. The Balaban J connectivity index is 1.25. The second-order valence-electron chi connectivity index (χ2n) is 26.1. The second kappa shape index (κ2) is 38.5. The third-order valence-corrected chi connectivity index (χ3v) is 18.6. The number of aliphatic hydroxyl groups excluding tert-OH is 8. The van der Waals surface area contributed by atoms with Crippen molar-refractivity contribution in [3.05, 3.63) is 42.0 Å². The normalized spacial score (nSPS) is 39.4. The summed E-state index contributed by atoms with van der Waals surface area (Å²) in [6, 6.07) is 8.86. The molecule has 8 N–H and O–H groups in total. The lowest BCUT2D eigenvalue weighted by molar-refractivity contribution is -0.400. The van der Waals surface area contributed by atoms with Gasteiger partial charge in [0.15, 0.2) is 55.9 Å². The molecule has 0 saturated carbocycles. The lowest BCUT2D eigenvalue weighted by Crippen LogP contribution is -2.68. The first-order valence-corrected chi connectivity index (χ1v) is 34.5. The Hall–Kier alpha value is -3.88. The third-order valence-electron chi connectivity index (χ3n) is 18.6. The molecule has 0 spiro atoms. The average Bonchev–Trinajstić information content (AvgIpc) is 0.775. The summed E-state index contributed by atoms with van der Waals surface area (Å²) in [4.78, 5) is 55.5. The third kappa shape index (κ3) is 21.3. The van der Waals surface area contributed by atoms with Crippen LogP contribution in [0.15, 0.2) is 36.4 Å². The largest absolute Gasteiger partial charge is 0.455 e. The van der Waals surface area contributed by atoms with Crippen LogP contribution in [-0.4, -0.2) is 231 Å². The van der Waals surface area contributed by atoms with E-state index in [2.05, 4.69) is 6.92 Å². The number of hydrogen-bond acceptors (Lipinski definition) is 26. The molecule has 0 aliphatic carbocycles. The molecule has 26 heteroatoms. The number of carbonyl (C=O) groups is 4. The lowest BCUT2D eigenvalue weighted by atomic mass is 9.95. The number of carbonyl (C=O) groups excluding carboxylic acids is 4. The molecule has 6 heterocycles. The fraction of sp³-hybridized carbons (Fsp3) is 0.824. The van der Waals surface area contributed by atoms with E-state index in [0.29, 0.717) is 50.5 Å². The van der Waals surface area contributed by atoms with Crippen LogP contribution >= 0.6 is 0 Å². The van der Waals surface area contributed by atoms with Gasteiger partial charge in [-0.1, -0.05) is 141 Å². The van der Waals surface area contributed by atoms with Crippen LogP contribution in [0, 0.1) is 5.92 Å². The molecule has 27 atom stereocenters. The summed E-state index contributed by atoms with van der Waals surface area (Å²) in [7, 11) is 0. The predicted octanol–water partition coefficient (Wildman–Crippen LogP) is 5.01. The maximum Gasteiger partial charge on any atom is 0.331 e. The summed E-state index contributed by atoms with van der Waals surface area (Å²) in [5.74, 6) is -3.71. The van der Waals surface area contributed by atoms with Crippen molar-refractivity contribution in [2.45, 2.75) is 343 Å². The van der Waals surface area contributed by atoms with Crippen molar-refractivity contribution in [2.24, 2.45) is 5.92 Å². The van der Waals surface area contributed by atoms with Gasteiger partial charge >= 0.3 is 23.9 Å². The monoisotopic (exact) mass is 1340 g/mol. The molecule has 0 radical (unpaired) electrons. The first-order valence-electron chi connectivity index (χ1n) is 34.5. The first kappa shape index (κ1) is 77.5. The molecule has 6 aliphatic rings. The van der Waals surface area contributed by atoms with E-state index in [4.69, 9.17) is 66.3 Å². The van der Waals surface area contributed by atoms with E-state index in [1.807, 2.05) is 6.92 Å². The topological polar surface area (TPSA) is 359 Å². The Morgan fingerprint density at radius 2 is 1.15 bits per heavy atom. The number of benzene rings is 1. The zero-order valence-corrected chi connectivity index (χ0v) is 55.9. The van der Waals surface area contributed by atoms with E-state index in [9.17, 15) is 60.0 Å². The van der Waals surface area contributed by atoms with Crippen LogP contribution in [-0.2, 0) is 85.5 Å². The van der Waals surface area contributed by atoms with Crippen molar-refractivity contribution < 1.29 is 126 Å². The van der Waals surface area contributed by atoms with Crippen molar-refractivity contribution in [1.29, 1.82) is 0 Å². The quantitative estimate of drug-likeness (QED) is 0.0292. The van der Waals surface area contributed by atoms with Crippen LogP contribution in [0.3, 0.4) is 0 Å². The Morgan fingerprint density at radius 3 is 1.85 bits per heavy atom. The van der Waals surface area contributed by atoms with Crippen LogP contribution in [0.5, 0.6) is 0 Å². The van der Waals surface area contributed by atoms with E-state index < -0.39 is 190 Å². The first-order chi connectivity index (χ1) is 45.1. The van der Waals surface area contributed by atoms with Crippen molar-refractivity contribution >= 4 is 30.0 Å². The maximum atomic E-state index is 14.4. The smallest absolute Gasteiger partial charge is 0.331 e. The molecule has 0 aromatic heterocycles. The molecule has 6 saturated heterocycles. The van der Waals surface area contributed by atoms with E-state index in [-0.39, 0.29) is 18.9 Å². The molecule has 536 valence electrons. The highest BCUT2D eigenvalue weighted by molar-refractivity contribution is 5.87. The lowest BCUT2D eigenvalue weighted by Gasteiger charge is -2.51. The van der Waals surface area contributed by atoms with Gasteiger partial charge in [0.1, 0.15) is 73.2 Å². The van der Waals surface area contributed by atoms with Crippen molar-refractivity contribution in [2.75, 3.05) is 6.61 Å². The Kier molecular flexibility index (Phi) is 31.7. The molecule has 6 aliphatic heterocycles. The van der Waals surface area contributed by atoms with Gasteiger partial charge in [0.25, 0.3) is 0 Å². The minimum Gasteiger partial charge on any atom is -0.455 e. The van der Waals surface area contributed by atoms with Crippen LogP contribution in [0.25, 0.3) is 6.08 Å². The number of fused-ring (bicyclic) bond motifs is 2. The number of rotatable bonds is 24. The molecule has 1 aromatic carbocycles. The SMILES string of the molecule is CCCCCCCC(=O)O[C@H]1[C@H](O[C@@H]2[C@@H](O)[C@H]3OC(=O)CCCCCCCCCC(CCCCC)O[C@@H]4O[C@H](CO)[C@@H](O)[C@H](O)[C@H]4O[C@@H]3O[C@H]2C)O[C@@H](C)[C@H](O[C@@H]2O[C@@H](C)[C@H](OC(=O)[C@@H](C)CC)[C@@H](OC(=O)/C=C/c3ccccc3)[C@H]2O)[C@H]1O[C@@H]1O[C@@H](C)[C@H](O)[C@@H](O)[C@H]1O. The summed E-state index contributed by atoms with van der Waals surface area (Å²) in [6.07, 6.45) is -24.5. The molecule has 94 heavy (non-hydrogen) atoms. The van der Waals surface area contributed by atoms with Gasteiger partial charge in [0.2, 0.25) is 0 Å². The Labute approximate surface area is 552 Å².